The number of hydrogen-bond acceptors (Lipinski definition) is 3. The fraction of sp³-hybridized carbons (Fsp3) is 0.462. The van der Waals surface area contributed by atoms with E-state index in [2.05, 4.69) is 0 Å². The van der Waals surface area contributed by atoms with E-state index in [0.29, 0.717) is 0 Å². The quantitative estimate of drug-likeness (QED) is 0.774. The molecular weight excluding hydrogens is 239 g/mol. The fourth-order valence-corrected chi connectivity index (χ4v) is 3.36. The second kappa shape index (κ2) is 4.69. The summed E-state index contributed by atoms with van der Waals surface area (Å²) in [5, 5.41) is 0. The number of halogens is 1. The number of rotatable bonds is 3. The highest BCUT2D eigenvalue weighted by atomic mass is 32.2. The zero-order chi connectivity index (χ0) is 12.5. The number of hydrogen-bond donors (Lipinski definition) is 0. The third-order valence-electron chi connectivity index (χ3n) is 3.13. The van der Waals surface area contributed by atoms with Crippen LogP contribution in [0.15, 0.2) is 18.2 Å². The molecule has 1 fully saturated rings. The first-order valence-corrected chi connectivity index (χ1v) is 6.58. The van der Waals surface area contributed by atoms with Crippen LogP contribution in [0.25, 0.3) is 0 Å². The summed E-state index contributed by atoms with van der Waals surface area (Å²) in [6.45, 7) is 1.89. The first kappa shape index (κ1) is 12.4. The minimum atomic E-state index is -0.547. The van der Waals surface area contributed by atoms with E-state index in [1.807, 2.05) is 6.92 Å². The molecule has 1 saturated heterocycles. The fourth-order valence-electron chi connectivity index (χ4n) is 2.09. The van der Waals surface area contributed by atoms with Gasteiger partial charge in [0.1, 0.15) is 0 Å². The molecule has 17 heavy (non-hydrogen) atoms. The number of thioether (sulfide) groups is 1. The van der Waals surface area contributed by atoms with E-state index in [9.17, 15) is 9.18 Å². The van der Waals surface area contributed by atoms with Gasteiger partial charge in [0.15, 0.2) is 17.3 Å². The molecule has 0 bridgehead atoms. The van der Waals surface area contributed by atoms with Gasteiger partial charge in [0.2, 0.25) is 0 Å². The van der Waals surface area contributed by atoms with E-state index in [4.69, 9.17) is 4.74 Å². The van der Waals surface area contributed by atoms with Crippen LogP contribution in [-0.4, -0.2) is 23.4 Å². The van der Waals surface area contributed by atoms with Crippen LogP contribution in [0.3, 0.4) is 0 Å². The van der Waals surface area contributed by atoms with Gasteiger partial charge in [-0.2, -0.15) is 0 Å². The lowest BCUT2D eigenvalue weighted by Gasteiger charge is -2.21. The lowest BCUT2D eigenvalue weighted by Crippen LogP contribution is -2.29. The molecule has 1 heterocycles. The molecule has 1 atom stereocenters. The maximum absolute atomic E-state index is 14.0. The molecule has 0 amide bonds. The summed E-state index contributed by atoms with van der Waals surface area (Å²) in [6, 6.07) is 4.71. The number of carbonyl (C=O) groups excluding carboxylic acids is 1. The van der Waals surface area contributed by atoms with E-state index in [1.54, 1.807) is 17.8 Å². The van der Waals surface area contributed by atoms with Gasteiger partial charge in [-0.1, -0.05) is 6.07 Å². The largest absolute Gasteiger partial charge is 0.494 e. The zero-order valence-electron chi connectivity index (χ0n) is 9.96. The summed E-state index contributed by atoms with van der Waals surface area (Å²) in [4.78, 5) is 12.3. The van der Waals surface area contributed by atoms with Crippen molar-refractivity contribution in [3.63, 3.8) is 0 Å². The Labute approximate surface area is 105 Å². The van der Waals surface area contributed by atoms with Gasteiger partial charge >= 0.3 is 0 Å². The molecule has 2 rings (SSSR count). The van der Waals surface area contributed by atoms with Crippen molar-refractivity contribution in [1.29, 1.82) is 0 Å². The minimum absolute atomic E-state index is 0.127. The van der Waals surface area contributed by atoms with Gasteiger partial charge in [-0.05, 0) is 37.7 Å². The molecule has 92 valence electrons. The monoisotopic (exact) mass is 254 g/mol. The van der Waals surface area contributed by atoms with Crippen LogP contribution in [0.1, 0.15) is 30.1 Å². The zero-order valence-corrected chi connectivity index (χ0v) is 10.8. The molecule has 4 heteroatoms. The topological polar surface area (TPSA) is 26.3 Å². The molecule has 2 nitrogen and oxygen atoms in total. The number of carbonyl (C=O) groups is 1. The van der Waals surface area contributed by atoms with Gasteiger partial charge in [-0.25, -0.2) is 4.39 Å². The van der Waals surface area contributed by atoms with E-state index < -0.39 is 10.6 Å². The van der Waals surface area contributed by atoms with E-state index >= 15 is 0 Å². The number of ether oxygens (including phenoxy) is 1. The second-order valence-electron chi connectivity index (χ2n) is 4.33. The van der Waals surface area contributed by atoms with Gasteiger partial charge in [0.05, 0.1) is 17.4 Å². The van der Waals surface area contributed by atoms with Gasteiger partial charge in [0.25, 0.3) is 0 Å². The number of Topliss-reactive ketones (excluding diaryl/α,β-unsaturated/α-hetero) is 1. The molecular formula is C13H15FO2S. The molecule has 1 aliphatic heterocycles. The summed E-state index contributed by atoms with van der Waals surface area (Å²) in [7, 11) is 1.40. The molecule has 0 radical (unpaired) electrons. The Morgan fingerprint density at radius 2 is 2.29 bits per heavy atom. The van der Waals surface area contributed by atoms with Crippen molar-refractivity contribution < 1.29 is 13.9 Å². The molecule has 0 aromatic heterocycles. The van der Waals surface area contributed by atoms with E-state index in [1.165, 1.54) is 19.2 Å². The number of methoxy groups -OCH3 is 1. The highest BCUT2D eigenvalue weighted by Crippen LogP contribution is 2.41. The third kappa shape index (κ3) is 2.18. The molecule has 0 N–H and O–H groups in total. The maximum Gasteiger partial charge on any atom is 0.181 e. The molecule has 0 aliphatic carbocycles. The van der Waals surface area contributed by atoms with E-state index in [0.717, 1.165) is 18.6 Å². The Morgan fingerprint density at radius 1 is 1.53 bits per heavy atom. The first-order chi connectivity index (χ1) is 8.08. The molecule has 1 aliphatic rings. The average molecular weight is 254 g/mol. The SMILES string of the molecule is COc1cccc(C(=O)C2(C)CCCS2)c1F. The second-order valence-corrected chi connectivity index (χ2v) is 5.93. The van der Waals surface area contributed by atoms with Crippen molar-refractivity contribution in [2.24, 2.45) is 0 Å². The Morgan fingerprint density at radius 3 is 2.88 bits per heavy atom. The Kier molecular flexibility index (Phi) is 3.43. The summed E-state index contributed by atoms with van der Waals surface area (Å²) in [6.07, 6.45) is 1.83. The third-order valence-corrected chi connectivity index (χ3v) is 4.65. The Bertz CT molecular complexity index is 439. The predicted molar refractivity (Wildman–Crippen MR) is 67.4 cm³/mol. The van der Waals surface area contributed by atoms with Crippen molar-refractivity contribution in [3.8, 4) is 5.75 Å². The Balaban J connectivity index is 2.37. The summed E-state index contributed by atoms with van der Waals surface area (Å²) >= 11 is 1.61. The first-order valence-electron chi connectivity index (χ1n) is 5.60. The van der Waals surface area contributed by atoms with E-state index in [-0.39, 0.29) is 17.1 Å². The van der Waals surface area contributed by atoms with Gasteiger partial charge in [-0.3, -0.25) is 4.79 Å². The van der Waals surface area contributed by atoms with Crippen LogP contribution in [0.4, 0.5) is 4.39 Å². The maximum atomic E-state index is 14.0. The van der Waals surface area contributed by atoms with Crippen LogP contribution >= 0.6 is 11.8 Å². The van der Waals surface area contributed by atoms with Crippen LogP contribution < -0.4 is 4.74 Å². The van der Waals surface area contributed by atoms with Crippen LogP contribution in [0.5, 0.6) is 5.75 Å². The number of ketones is 1. The summed E-state index contributed by atoms with van der Waals surface area (Å²) < 4.78 is 18.4. The average Bonchev–Trinajstić information content (AvgIpc) is 2.77. The van der Waals surface area contributed by atoms with Crippen molar-refractivity contribution in [2.45, 2.75) is 24.5 Å². The van der Waals surface area contributed by atoms with Crippen LogP contribution in [0, 0.1) is 5.82 Å². The summed E-state index contributed by atoms with van der Waals surface area (Å²) in [5.41, 5.74) is 0.140. The molecule has 1 unspecified atom stereocenters. The van der Waals surface area contributed by atoms with Crippen molar-refractivity contribution in [1.82, 2.24) is 0 Å². The van der Waals surface area contributed by atoms with Gasteiger partial charge in [0, 0.05) is 0 Å². The smallest absolute Gasteiger partial charge is 0.181 e. The van der Waals surface area contributed by atoms with Crippen molar-refractivity contribution in [2.75, 3.05) is 12.9 Å². The normalized spacial score (nSPS) is 23.7. The number of benzene rings is 1. The van der Waals surface area contributed by atoms with Gasteiger partial charge in [-0.15, -0.1) is 11.8 Å². The van der Waals surface area contributed by atoms with Crippen LogP contribution in [-0.2, 0) is 0 Å². The van der Waals surface area contributed by atoms with Crippen molar-refractivity contribution >= 4 is 17.5 Å². The molecule has 1 aromatic carbocycles. The lowest BCUT2D eigenvalue weighted by atomic mass is 9.94. The Hall–Kier alpha value is -1.03. The highest BCUT2D eigenvalue weighted by molar-refractivity contribution is 8.01. The van der Waals surface area contributed by atoms with Crippen molar-refractivity contribution in [3.05, 3.63) is 29.6 Å². The van der Waals surface area contributed by atoms with Crippen LogP contribution in [0.2, 0.25) is 0 Å². The highest BCUT2D eigenvalue weighted by Gasteiger charge is 2.39. The predicted octanol–water partition coefficient (Wildman–Crippen LogP) is 3.30. The molecule has 1 aromatic rings. The lowest BCUT2D eigenvalue weighted by molar-refractivity contribution is 0.0944. The summed E-state index contributed by atoms with van der Waals surface area (Å²) in [5.74, 6) is 0.418. The molecule has 0 spiro atoms. The standard InChI is InChI=1S/C13H15FO2S/c1-13(7-4-8-17-13)12(15)9-5-3-6-10(16-2)11(9)14/h3,5-6H,4,7-8H2,1-2H3. The van der Waals surface area contributed by atoms with Gasteiger partial charge < -0.3 is 4.74 Å². The minimum Gasteiger partial charge on any atom is -0.494 e. The molecule has 0 saturated carbocycles.